The molecule has 2 spiro atoms. The molecule has 0 aromatic heterocycles. The van der Waals surface area contributed by atoms with Crippen LogP contribution in [0.4, 0.5) is 0 Å². The second-order valence-corrected chi connectivity index (χ2v) is 9.82. The van der Waals surface area contributed by atoms with E-state index in [0.29, 0.717) is 5.56 Å². The number of rotatable bonds is 3. The highest BCUT2D eigenvalue weighted by molar-refractivity contribution is 5.89. The molecule has 174 valence electrons. The molecule has 3 saturated heterocycles. The van der Waals surface area contributed by atoms with Crippen LogP contribution in [0.15, 0.2) is 30.3 Å². The summed E-state index contributed by atoms with van der Waals surface area (Å²) in [6.45, 7) is 0.0912. The summed E-state index contributed by atoms with van der Waals surface area (Å²) in [5.41, 5.74) is 0.520. The molecule has 1 aromatic carbocycles. The van der Waals surface area contributed by atoms with E-state index in [9.17, 15) is 4.79 Å². The molecule has 6 rings (SSSR count). The van der Waals surface area contributed by atoms with Gasteiger partial charge in [-0.25, -0.2) is 4.79 Å². The van der Waals surface area contributed by atoms with Crippen molar-refractivity contribution in [3.05, 3.63) is 35.9 Å². The third-order valence-electron chi connectivity index (χ3n) is 7.59. The highest BCUT2D eigenvalue weighted by Gasteiger charge is 2.64. The summed E-state index contributed by atoms with van der Waals surface area (Å²) < 4.78 is 38.1. The van der Waals surface area contributed by atoms with Crippen molar-refractivity contribution in [2.75, 3.05) is 6.61 Å². The first kappa shape index (κ1) is 21.1. The van der Waals surface area contributed by atoms with Crippen molar-refractivity contribution in [1.29, 1.82) is 0 Å². The first-order valence-corrected chi connectivity index (χ1v) is 12.2. The van der Waals surface area contributed by atoms with Crippen LogP contribution in [0.5, 0.6) is 0 Å². The third kappa shape index (κ3) is 3.78. The molecular formula is C25H32O7. The number of benzene rings is 1. The summed E-state index contributed by atoms with van der Waals surface area (Å²) in [6.07, 6.45) is 8.32. The maximum absolute atomic E-state index is 12.5. The van der Waals surface area contributed by atoms with E-state index < -0.39 is 24.0 Å². The minimum Gasteiger partial charge on any atom is -0.459 e. The summed E-state index contributed by atoms with van der Waals surface area (Å²) in [7, 11) is 0. The predicted octanol–water partition coefficient (Wildman–Crippen LogP) is 4.09. The van der Waals surface area contributed by atoms with Gasteiger partial charge in [0.2, 0.25) is 0 Å². The van der Waals surface area contributed by atoms with Crippen molar-refractivity contribution < 1.29 is 33.2 Å². The van der Waals surface area contributed by atoms with Crippen LogP contribution in [0.2, 0.25) is 0 Å². The molecule has 5 aliphatic rings. The fourth-order valence-electron chi connectivity index (χ4n) is 5.99. The Balaban J connectivity index is 1.21. The molecule has 32 heavy (non-hydrogen) atoms. The summed E-state index contributed by atoms with van der Waals surface area (Å²) >= 11 is 0. The number of hydrogen-bond donors (Lipinski definition) is 0. The summed E-state index contributed by atoms with van der Waals surface area (Å²) in [4.78, 5) is 12.5. The number of carbonyl (C=O) groups excluding carboxylic acids is 1. The van der Waals surface area contributed by atoms with E-state index in [2.05, 4.69) is 0 Å². The molecule has 0 radical (unpaired) electrons. The molecule has 3 aliphatic heterocycles. The predicted molar refractivity (Wildman–Crippen MR) is 113 cm³/mol. The molecule has 2 saturated carbocycles. The van der Waals surface area contributed by atoms with Crippen LogP contribution in [-0.4, -0.2) is 54.9 Å². The summed E-state index contributed by atoms with van der Waals surface area (Å²) in [6, 6.07) is 9.01. The standard InChI is InChI=1S/C25H32O7/c26-22(17-10-4-1-5-11-17)27-16-18-19-20(30-24(29-19)12-6-2-7-13-24)21-23(28-18)32-25(31-21)14-8-3-9-15-25/h1,4-5,10-11,18-21,23H,2-3,6-9,12-16H2/t18-,19+,20+,21+,23-/m0/s1. The molecular weight excluding hydrogens is 412 g/mol. The number of fused-ring (bicyclic) bond motifs is 3. The van der Waals surface area contributed by atoms with Crippen molar-refractivity contribution >= 4 is 5.97 Å². The molecule has 3 heterocycles. The molecule has 1 aromatic rings. The molecule has 0 amide bonds. The van der Waals surface area contributed by atoms with Crippen LogP contribution in [0, 0.1) is 0 Å². The Hall–Kier alpha value is -1.51. The quantitative estimate of drug-likeness (QED) is 0.650. The van der Waals surface area contributed by atoms with Crippen molar-refractivity contribution in [1.82, 2.24) is 0 Å². The molecule has 2 aliphatic carbocycles. The van der Waals surface area contributed by atoms with Crippen LogP contribution in [0.1, 0.15) is 74.6 Å². The van der Waals surface area contributed by atoms with Gasteiger partial charge in [0.25, 0.3) is 0 Å². The van der Waals surface area contributed by atoms with Crippen molar-refractivity contribution in [2.45, 2.75) is 106 Å². The summed E-state index contributed by atoms with van der Waals surface area (Å²) in [5.74, 6) is -1.54. The highest BCUT2D eigenvalue weighted by atomic mass is 16.9. The van der Waals surface area contributed by atoms with Gasteiger partial charge in [0.1, 0.15) is 31.0 Å². The molecule has 0 N–H and O–H groups in total. The van der Waals surface area contributed by atoms with Crippen molar-refractivity contribution in [2.24, 2.45) is 0 Å². The van der Waals surface area contributed by atoms with E-state index in [4.69, 9.17) is 28.4 Å². The Labute approximate surface area is 188 Å². The Morgan fingerprint density at radius 2 is 1.38 bits per heavy atom. The topological polar surface area (TPSA) is 72.5 Å². The normalized spacial score (nSPS) is 37.2. The van der Waals surface area contributed by atoms with Gasteiger partial charge in [0.05, 0.1) is 5.56 Å². The van der Waals surface area contributed by atoms with Crippen molar-refractivity contribution in [3.8, 4) is 0 Å². The SMILES string of the molecule is O=C(OC[C@@H]1O[C@H]2OC3(CCCCC3)O[C@@H]2[C@@H]2OC3(CCCCC3)O[C@@H]21)c1ccccc1. The van der Waals surface area contributed by atoms with Crippen LogP contribution in [-0.2, 0) is 28.4 Å². The first-order chi connectivity index (χ1) is 15.7. The second kappa shape index (κ2) is 8.37. The highest BCUT2D eigenvalue weighted by Crippen LogP contribution is 2.50. The molecule has 0 bridgehead atoms. The van der Waals surface area contributed by atoms with Gasteiger partial charge in [0, 0.05) is 25.7 Å². The van der Waals surface area contributed by atoms with E-state index >= 15 is 0 Å². The van der Waals surface area contributed by atoms with E-state index in [1.165, 1.54) is 12.8 Å². The lowest BCUT2D eigenvalue weighted by molar-refractivity contribution is -0.254. The number of carbonyl (C=O) groups is 1. The first-order valence-electron chi connectivity index (χ1n) is 12.2. The maximum Gasteiger partial charge on any atom is 0.338 e. The average Bonchev–Trinajstić information content (AvgIpc) is 3.37. The number of ether oxygens (including phenoxy) is 6. The Bertz CT molecular complexity index is 815. The van der Waals surface area contributed by atoms with E-state index in [1.54, 1.807) is 12.1 Å². The van der Waals surface area contributed by atoms with E-state index in [-0.39, 0.29) is 30.9 Å². The Kier molecular flexibility index (Phi) is 5.50. The van der Waals surface area contributed by atoms with Crippen LogP contribution in [0.3, 0.4) is 0 Å². The lowest BCUT2D eigenvalue weighted by Gasteiger charge is -2.36. The minimum absolute atomic E-state index is 0.0912. The third-order valence-corrected chi connectivity index (χ3v) is 7.59. The van der Waals surface area contributed by atoms with Gasteiger partial charge in [-0.05, 0) is 37.8 Å². The van der Waals surface area contributed by atoms with E-state index in [0.717, 1.165) is 51.4 Å². The van der Waals surface area contributed by atoms with Crippen molar-refractivity contribution in [3.63, 3.8) is 0 Å². The second-order valence-electron chi connectivity index (χ2n) is 9.82. The number of esters is 1. The van der Waals surface area contributed by atoms with Gasteiger partial charge >= 0.3 is 5.97 Å². The Morgan fingerprint density at radius 1 is 0.781 bits per heavy atom. The minimum atomic E-state index is -0.584. The molecule has 5 atom stereocenters. The van der Waals surface area contributed by atoms with Gasteiger partial charge in [-0.3, -0.25) is 0 Å². The van der Waals surface area contributed by atoms with Gasteiger partial charge in [-0.1, -0.05) is 31.0 Å². The van der Waals surface area contributed by atoms with Gasteiger partial charge < -0.3 is 28.4 Å². The van der Waals surface area contributed by atoms with Crippen LogP contribution < -0.4 is 0 Å². The molecule has 7 heteroatoms. The van der Waals surface area contributed by atoms with Gasteiger partial charge in [-0.2, -0.15) is 0 Å². The largest absolute Gasteiger partial charge is 0.459 e. The monoisotopic (exact) mass is 444 g/mol. The summed E-state index contributed by atoms with van der Waals surface area (Å²) in [5, 5.41) is 0. The van der Waals surface area contributed by atoms with E-state index in [1.807, 2.05) is 18.2 Å². The zero-order chi connectivity index (χ0) is 21.6. The van der Waals surface area contributed by atoms with Crippen LogP contribution in [0.25, 0.3) is 0 Å². The Morgan fingerprint density at radius 3 is 2.06 bits per heavy atom. The lowest BCUT2D eigenvalue weighted by Crippen LogP contribution is -2.56. The van der Waals surface area contributed by atoms with Gasteiger partial charge in [0.15, 0.2) is 17.9 Å². The van der Waals surface area contributed by atoms with Gasteiger partial charge in [-0.15, -0.1) is 0 Å². The smallest absolute Gasteiger partial charge is 0.338 e. The van der Waals surface area contributed by atoms with Crippen LogP contribution >= 0.6 is 0 Å². The zero-order valence-corrected chi connectivity index (χ0v) is 18.4. The zero-order valence-electron chi connectivity index (χ0n) is 18.4. The molecule has 5 fully saturated rings. The molecule has 0 unspecified atom stereocenters. The fraction of sp³-hybridized carbons (Fsp3) is 0.720. The number of hydrogen-bond acceptors (Lipinski definition) is 7. The average molecular weight is 445 g/mol. The lowest BCUT2D eigenvalue weighted by atomic mass is 9.94. The maximum atomic E-state index is 12.5. The molecule has 7 nitrogen and oxygen atoms in total. The fourth-order valence-corrected chi connectivity index (χ4v) is 5.99.